The number of fused-ring (bicyclic) bond motifs is 1. The summed E-state index contributed by atoms with van der Waals surface area (Å²) < 4.78 is 32.5. The summed E-state index contributed by atoms with van der Waals surface area (Å²) in [5.41, 5.74) is 0.00358. The van der Waals surface area contributed by atoms with E-state index in [0.29, 0.717) is 24.3 Å². The van der Waals surface area contributed by atoms with Crippen molar-refractivity contribution >= 4 is 11.4 Å². The van der Waals surface area contributed by atoms with Crippen LogP contribution in [0.25, 0.3) is 0 Å². The molecule has 0 spiro atoms. The van der Waals surface area contributed by atoms with Crippen LogP contribution >= 0.6 is 0 Å². The van der Waals surface area contributed by atoms with Crippen LogP contribution in [0.2, 0.25) is 0 Å². The van der Waals surface area contributed by atoms with Crippen LogP contribution < -0.4 is 10.1 Å². The molecule has 1 N–H and O–H groups in total. The van der Waals surface area contributed by atoms with Gasteiger partial charge in [-0.3, -0.25) is 10.1 Å². The predicted octanol–water partition coefficient (Wildman–Crippen LogP) is 3.81. The molecule has 0 radical (unpaired) electrons. The van der Waals surface area contributed by atoms with E-state index in [1.54, 1.807) is 0 Å². The Morgan fingerprint density at radius 3 is 2.86 bits per heavy atom. The molecule has 2 aromatic carbocycles. The number of nitrogens with zero attached hydrogens (tertiary/aromatic N) is 1. The Kier molecular flexibility index (Phi) is 3.62. The molecule has 114 valence electrons. The highest BCUT2D eigenvalue weighted by molar-refractivity contribution is 5.63. The van der Waals surface area contributed by atoms with E-state index in [0.717, 1.165) is 6.07 Å². The zero-order chi connectivity index (χ0) is 15.7. The zero-order valence-corrected chi connectivity index (χ0v) is 11.4. The number of ether oxygens (including phenoxy) is 1. The van der Waals surface area contributed by atoms with Gasteiger partial charge in [-0.25, -0.2) is 4.39 Å². The maximum Gasteiger partial charge on any atom is 0.327 e. The molecule has 0 aromatic heterocycles. The number of para-hydroxylation sites is 1. The molecule has 2 aromatic rings. The van der Waals surface area contributed by atoms with Gasteiger partial charge in [0.1, 0.15) is 17.3 Å². The van der Waals surface area contributed by atoms with Crippen molar-refractivity contribution in [3.05, 3.63) is 63.7 Å². The molecule has 1 aliphatic rings. The fraction of sp³-hybridized carbons (Fsp3) is 0.200. The lowest BCUT2D eigenvalue weighted by Crippen LogP contribution is -2.21. The molecular weight excluding hydrogens is 294 g/mol. The molecule has 3 rings (SSSR count). The number of nitrogens with one attached hydrogen (secondary N) is 1. The van der Waals surface area contributed by atoms with Crippen LogP contribution in [0, 0.1) is 21.7 Å². The van der Waals surface area contributed by atoms with E-state index >= 15 is 0 Å². The van der Waals surface area contributed by atoms with Crippen molar-refractivity contribution in [2.45, 2.75) is 12.5 Å². The largest absolute Gasteiger partial charge is 0.493 e. The SMILES string of the molecule is O=[N+]([O-])c1c(F)cccc1NC1CCOc2ccc(F)cc21. The summed E-state index contributed by atoms with van der Waals surface area (Å²) in [6.07, 6.45) is 0.490. The monoisotopic (exact) mass is 306 g/mol. The van der Waals surface area contributed by atoms with E-state index < -0.39 is 22.2 Å². The Hall–Kier alpha value is -2.70. The van der Waals surface area contributed by atoms with Crippen molar-refractivity contribution in [1.82, 2.24) is 0 Å². The fourth-order valence-corrected chi connectivity index (χ4v) is 2.52. The van der Waals surface area contributed by atoms with Crippen LogP contribution in [0.15, 0.2) is 36.4 Å². The maximum atomic E-state index is 13.6. The van der Waals surface area contributed by atoms with Gasteiger partial charge in [0.05, 0.1) is 17.6 Å². The van der Waals surface area contributed by atoms with Gasteiger partial charge in [-0.15, -0.1) is 0 Å². The van der Waals surface area contributed by atoms with Gasteiger partial charge in [0.25, 0.3) is 0 Å². The van der Waals surface area contributed by atoms with E-state index in [1.807, 2.05) is 0 Å². The first kappa shape index (κ1) is 14.2. The minimum atomic E-state index is -0.915. The van der Waals surface area contributed by atoms with E-state index in [4.69, 9.17) is 4.74 Å². The molecule has 0 saturated heterocycles. The molecule has 0 aliphatic carbocycles. The highest BCUT2D eigenvalue weighted by atomic mass is 19.1. The molecule has 0 fully saturated rings. The van der Waals surface area contributed by atoms with E-state index in [1.165, 1.54) is 30.3 Å². The van der Waals surface area contributed by atoms with Gasteiger partial charge in [-0.05, 0) is 30.3 Å². The molecule has 0 bridgehead atoms. The first-order chi connectivity index (χ1) is 10.6. The van der Waals surface area contributed by atoms with Crippen LogP contribution in [0.5, 0.6) is 5.75 Å². The number of anilines is 1. The van der Waals surface area contributed by atoms with E-state index in [9.17, 15) is 18.9 Å². The normalized spacial score (nSPS) is 16.5. The zero-order valence-electron chi connectivity index (χ0n) is 11.4. The number of nitro groups is 1. The van der Waals surface area contributed by atoms with Crippen LogP contribution in [0.1, 0.15) is 18.0 Å². The first-order valence-electron chi connectivity index (χ1n) is 6.68. The molecule has 0 saturated carbocycles. The first-order valence-corrected chi connectivity index (χ1v) is 6.68. The third-order valence-electron chi connectivity index (χ3n) is 3.51. The van der Waals surface area contributed by atoms with Crippen molar-refractivity contribution in [3.63, 3.8) is 0 Å². The second kappa shape index (κ2) is 5.59. The molecule has 22 heavy (non-hydrogen) atoms. The molecule has 1 aliphatic heterocycles. The molecule has 1 unspecified atom stereocenters. The lowest BCUT2D eigenvalue weighted by molar-refractivity contribution is -0.386. The van der Waals surface area contributed by atoms with Gasteiger partial charge in [0, 0.05) is 12.0 Å². The minimum absolute atomic E-state index is 0.0621. The van der Waals surface area contributed by atoms with Gasteiger partial charge in [0.15, 0.2) is 0 Å². The van der Waals surface area contributed by atoms with Crippen LogP contribution in [-0.2, 0) is 0 Å². The van der Waals surface area contributed by atoms with Crippen molar-refractivity contribution in [2.75, 3.05) is 11.9 Å². The van der Waals surface area contributed by atoms with Gasteiger partial charge in [-0.1, -0.05) is 6.07 Å². The molecule has 7 heteroatoms. The standard InChI is InChI=1S/C15H12F2N2O3/c16-9-4-5-14-10(8-9)12(6-7-22-14)18-13-3-1-2-11(17)15(13)19(20)21/h1-5,8,12,18H,6-7H2. The number of benzene rings is 2. The molecule has 0 amide bonds. The number of hydrogen-bond acceptors (Lipinski definition) is 4. The highest BCUT2D eigenvalue weighted by Crippen LogP contribution is 2.37. The smallest absolute Gasteiger partial charge is 0.327 e. The van der Waals surface area contributed by atoms with Crippen molar-refractivity contribution in [2.24, 2.45) is 0 Å². The third kappa shape index (κ3) is 2.57. The summed E-state index contributed by atoms with van der Waals surface area (Å²) in [6, 6.07) is 7.56. The van der Waals surface area contributed by atoms with Crippen LogP contribution in [0.3, 0.4) is 0 Å². The molecule has 1 heterocycles. The topological polar surface area (TPSA) is 64.4 Å². The second-order valence-electron chi connectivity index (χ2n) is 4.91. The number of nitro benzene ring substituents is 1. The lowest BCUT2D eigenvalue weighted by atomic mass is 10.00. The van der Waals surface area contributed by atoms with Crippen molar-refractivity contribution < 1.29 is 18.4 Å². The summed E-state index contributed by atoms with van der Waals surface area (Å²) in [6.45, 7) is 0.388. The average Bonchev–Trinajstić information content (AvgIpc) is 2.47. The van der Waals surface area contributed by atoms with Gasteiger partial charge in [0.2, 0.25) is 5.82 Å². The number of halogens is 2. The highest BCUT2D eigenvalue weighted by Gasteiger charge is 2.26. The van der Waals surface area contributed by atoms with E-state index in [-0.39, 0.29) is 11.7 Å². The summed E-state index contributed by atoms with van der Waals surface area (Å²) in [4.78, 5) is 10.3. The fourth-order valence-electron chi connectivity index (χ4n) is 2.52. The Labute approximate surface area is 124 Å². The summed E-state index contributed by atoms with van der Waals surface area (Å²) in [7, 11) is 0. The summed E-state index contributed by atoms with van der Waals surface area (Å²) >= 11 is 0. The van der Waals surface area contributed by atoms with Crippen molar-refractivity contribution in [1.29, 1.82) is 0 Å². The Bertz CT molecular complexity index is 737. The predicted molar refractivity (Wildman–Crippen MR) is 75.9 cm³/mol. The number of rotatable bonds is 3. The lowest BCUT2D eigenvalue weighted by Gasteiger charge is -2.27. The summed E-state index contributed by atoms with van der Waals surface area (Å²) in [5, 5.41) is 14.0. The minimum Gasteiger partial charge on any atom is -0.493 e. The van der Waals surface area contributed by atoms with Gasteiger partial charge < -0.3 is 10.1 Å². The second-order valence-corrected chi connectivity index (χ2v) is 4.91. The number of hydrogen-bond donors (Lipinski definition) is 1. The van der Waals surface area contributed by atoms with Crippen LogP contribution in [-0.4, -0.2) is 11.5 Å². The molecule has 1 atom stereocenters. The Morgan fingerprint density at radius 2 is 2.09 bits per heavy atom. The van der Waals surface area contributed by atoms with E-state index in [2.05, 4.69) is 5.32 Å². The van der Waals surface area contributed by atoms with Crippen molar-refractivity contribution in [3.8, 4) is 5.75 Å². The Balaban J connectivity index is 1.98. The Morgan fingerprint density at radius 1 is 1.27 bits per heavy atom. The summed E-state index contributed by atoms with van der Waals surface area (Å²) in [5.74, 6) is -0.824. The molecule has 5 nitrogen and oxygen atoms in total. The van der Waals surface area contributed by atoms with Gasteiger partial charge in [-0.2, -0.15) is 4.39 Å². The molecular formula is C15H12F2N2O3. The van der Waals surface area contributed by atoms with Crippen LogP contribution in [0.4, 0.5) is 20.2 Å². The quantitative estimate of drug-likeness (QED) is 0.692. The average molecular weight is 306 g/mol. The van der Waals surface area contributed by atoms with Gasteiger partial charge >= 0.3 is 5.69 Å². The maximum absolute atomic E-state index is 13.6. The third-order valence-corrected chi connectivity index (χ3v) is 3.51.